The first kappa shape index (κ1) is 25.5. The van der Waals surface area contributed by atoms with Crippen LogP contribution in [0.3, 0.4) is 0 Å². The van der Waals surface area contributed by atoms with E-state index in [0.29, 0.717) is 42.2 Å². The van der Waals surface area contributed by atoms with Crippen LogP contribution in [0.2, 0.25) is 5.02 Å². The molecule has 0 fully saturated rings. The molecule has 0 atom stereocenters. The van der Waals surface area contributed by atoms with Crippen molar-refractivity contribution < 1.29 is 14.2 Å². The summed E-state index contributed by atoms with van der Waals surface area (Å²) in [6, 6.07) is 16.9. The number of methoxy groups -OCH3 is 2. The molecule has 0 aliphatic heterocycles. The fraction of sp³-hybridized carbons (Fsp3) is 0.217. The molecule has 0 saturated heterocycles. The number of hydrogen-bond acceptors (Lipinski definition) is 5. The Balaban J connectivity index is 0.00000363. The van der Waals surface area contributed by atoms with Crippen LogP contribution >= 0.6 is 35.6 Å². The monoisotopic (exact) mass is 568 g/mol. The quantitative estimate of drug-likeness (QED) is 0.226. The molecular weight excluding hydrogens is 543 g/mol. The lowest BCUT2D eigenvalue weighted by atomic mass is 10.2. The Kier molecular flexibility index (Phi) is 10.4. The zero-order valence-corrected chi connectivity index (χ0v) is 21.2. The van der Waals surface area contributed by atoms with Crippen LogP contribution in [-0.4, -0.2) is 32.2 Å². The van der Waals surface area contributed by atoms with Gasteiger partial charge in [0, 0.05) is 37.4 Å². The maximum Gasteiger partial charge on any atom is 0.219 e. The van der Waals surface area contributed by atoms with E-state index < -0.39 is 0 Å². The number of para-hydroxylation sites is 1. The predicted molar refractivity (Wildman–Crippen MR) is 138 cm³/mol. The molecule has 3 aromatic rings. The summed E-state index contributed by atoms with van der Waals surface area (Å²) in [6.07, 6.45) is 1.74. The number of rotatable bonds is 8. The highest BCUT2D eigenvalue weighted by atomic mass is 127. The molecule has 1 aromatic heterocycles. The topological polar surface area (TPSA) is 77.0 Å². The first-order valence-corrected chi connectivity index (χ1v) is 10.0. The minimum atomic E-state index is 0. The zero-order chi connectivity index (χ0) is 22.1. The summed E-state index contributed by atoms with van der Waals surface area (Å²) in [5.74, 6) is 2.72. The SMILES string of the molecule is CN=C(NCc1ccc(Oc2c(OC)cccc2OC)nc1)NCc1ccccc1Cl.I. The number of ether oxygens (including phenoxy) is 3. The van der Waals surface area contributed by atoms with Gasteiger partial charge in [-0.3, -0.25) is 4.99 Å². The summed E-state index contributed by atoms with van der Waals surface area (Å²) in [4.78, 5) is 8.62. The number of halogens is 2. The molecule has 9 heteroatoms. The van der Waals surface area contributed by atoms with Crippen LogP contribution in [0.25, 0.3) is 0 Å². The minimum absolute atomic E-state index is 0. The van der Waals surface area contributed by atoms with Gasteiger partial charge in [-0.05, 0) is 29.3 Å². The van der Waals surface area contributed by atoms with E-state index in [1.807, 2.05) is 36.4 Å². The van der Waals surface area contributed by atoms with E-state index in [-0.39, 0.29) is 24.0 Å². The Morgan fingerprint density at radius 2 is 1.62 bits per heavy atom. The first-order chi connectivity index (χ1) is 15.1. The van der Waals surface area contributed by atoms with E-state index in [9.17, 15) is 0 Å². The fourth-order valence-electron chi connectivity index (χ4n) is 2.83. The third kappa shape index (κ3) is 6.89. The summed E-state index contributed by atoms with van der Waals surface area (Å²) in [7, 11) is 4.88. The standard InChI is InChI=1S/C23H25ClN4O3.HI/c1-25-23(28-15-17-7-4-5-8-18(17)24)27-14-16-11-12-21(26-13-16)31-22-19(29-2)9-6-10-20(22)30-3;/h4-13H,14-15H2,1-3H3,(H2,25,27,28);1H. The van der Waals surface area contributed by atoms with Gasteiger partial charge >= 0.3 is 0 Å². The number of nitrogens with one attached hydrogen (secondary N) is 2. The number of nitrogens with zero attached hydrogens (tertiary/aromatic N) is 2. The molecule has 7 nitrogen and oxygen atoms in total. The second kappa shape index (κ2) is 13.0. The van der Waals surface area contributed by atoms with Crippen LogP contribution in [0.1, 0.15) is 11.1 Å². The zero-order valence-electron chi connectivity index (χ0n) is 18.1. The van der Waals surface area contributed by atoms with E-state index in [2.05, 4.69) is 20.6 Å². The van der Waals surface area contributed by atoms with Crippen molar-refractivity contribution in [1.82, 2.24) is 15.6 Å². The normalized spacial score (nSPS) is 10.7. The van der Waals surface area contributed by atoms with Crippen LogP contribution in [0.5, 0.6) is 23.1 Å². The molecule has 0 radical (unpaired) electrons. The second-order valence-corrected chi connectivity index (χ2v) is 6.88. The number of aliphatic imine (C=N–C) groups is 1. The van der Waals surface area contributed by atoms with E-state index in [4.69, 9.17) is 25.8 Å². The Morgan fingerprint density at radius 1 is 0.938 bits per heavy atom. The Morgan fingerprint density at radius 3 is 2.22 bits per heavy atom. The molecule has 2 N–H and O–H groups in total. The van der Waals surface area contributed by atoms with Gasteiger partial charge in [-0.2, -0.15) is 0 Å². The lowest BCUT2D eigenvalue weighted by Crippen LogP contribution is -2.36. The van der Waals surface area contributed by atoms with Gasteiger partial charge in [0.25, 0.3) is 0 Å². The van der Waals surface area contributed by atoms with Gasteiger partial charge in [0.2, 0.25) is 11.6 Å². The molecule has 3 rings (SSSR count). The van der Waals surface area contributed by atoms with Gasteiger partial charge < -0.3 is 24.8 Å². The van der Waals surface area contributed by atoms with Crippen molar-refractivity contribution in [3.05, 3.63) is 76.9 Å². The number of hydrogen-bond donors (Lipinski definition) is 2. The smallest absolute Gasteiger partial charge is 0.219 e. The number of pyridine rings is 1. The molecule has 0 unspecified atom stereocenters. The average molecular weight is 569 g/mol. The number of aromatic nitrogens is 1. The van der Waals surface area contributed by atoms with Crippen LogP contribution in [0.4, 0.5) is 0 Å². The third-order valence-electron chi connectivity index (χ3n) is 4.47. The van der Waals surface area contributed by atoms with Crippen molar-refractivity contribution in [2.75, 3.05) is 21.3 Å². The Hall–Kier alpha value is -2.72. The van der Waals surface area contributed by atoms with Crippen molar-refractivity contribution in [1.29, 1.82) is 0 Å². The summed E-state index contributed by atoms with van der Waals surface area (Å²) in [6.45, 7) is 1.12. The van der Waals surface area contributed by atoms with E-state index in [1.165, 1.54) is 0 Å². The highest BCUT2D eigenvalue weighted by Crippen LogP contribution is 2.39. The van der Waals surface area contributed by atoms with Crippen LogP contribution in [-0.2, 0) is 13.1 Å². The Labute approximate surface area is 210 Å². The van der Waals surface area contributed by atoms with Crippen molar-refractivity contribution in [3.8, 4) is 23.1 Å². The summed E-state index contributed by atoms with van der Waals surface area (Å²) in [5.41, 5.74) is 1.97. The van der Waals surface area contributed by atoms with Crippen molar-refractivity contribution in [2.24, 2.45) is 4.99 Å². The van der Waals surface area contributed by atoms with Crippen molar-refractivity contribution in [3.63, 3.8) is 0 Å². The van der Waals surface area contributed by atoms with E-state index in [0.717, 1.165) is 16.1 Å². The van der Waals surface area contributed by atoms with Gasteiger partial charge in [0.15, 0.2) is 17.5 Å². The summed E-state index contributed by atoms with van der Waals surface area (Å²) < 4.78 is 16.6. The van der Waals surface area contributed by atoms with Gasteiger partial charge in [-0.25, -0.2) is 4.98 Å². The first-order valence-electron chi connectivity index (χ1n) is 9.66. The maximum atomic E-state index is 6.20. The lowest BCUT2D eigenvalue weighted by Gasteiger charge is -2.14. The summed E-state index contributed by atoms with van der Waals surface area (Å²) >= 11 is 6.20. The van der Waals surface area contributed by atoms with Gasteiger partial charge in [0.05, 0.1) is 14.2 Å². The molecule has 1 heterocycles. The molecule has 0 aliphatic carbocycles. The second-order valence-electron chi connectivity index (χ2n) is 6.47. The van der Waals surface area contributed by atoms with Crippen molar-refractivity contribution in [2.45, 2.75) is 13.1 Å². The number of guanidine groups is 1. The highest BCUT2D eigenvalue weighted by Gasteiger charge is 2.13. The molecule has 32 heavy (non-hydrogen) atoms. The number of benzene rings is 2. The van der Waals surface area contributed by atoms with Crippen molar-refractivity contribution >= 4 is 41.5 Å². The van der Waals surface area contributed by atoms with Crippen LogP contribution in [0.15, 0.2) is 65.8 Å². The van der Waals surface area contributed by atoms with Crippen LogP contribution < -0.4 is 24.8 Å². The van der Waals surface area contributed by atoms with Gasteiger partial charge in [-0.15, -0.1) is 24.0 Å². The predicted octanol–water partition coefficient (Wildman–Crippen LogP) is 5.03. The summed E-state index contributed by atoms with van der Waals surface area (Å²) in [5, 5.41) is 7.22. The van der Waals surface area contributed by atoms with Gasteiger partial charge in [0.1, 0.15) is 0 Å². The molecule has 2 aromatic carbocycles. The molecular formula is C23H26ClIN4O3. The minimum Gasteiger partial charge on any atom is -0.493 e. The fourth-order valence-corrected chi connectivity index (χ4v) is 3.03. The highest BCUT2D eigenvalue weighted by molar-refractivity contribution is 14.0. The average Bonchev–Trinajstić information content (AvgIpc) is 2.81. The lowest BCUT2D eigenvalue weighted by molar-refractivity contribution is 0.342. The molecule has 170 valence electrons. The molecule has 0 aliphatic rings. The molecule has 0 saturated carbocycles. The maximum absolute atomic E-state index is 6.20. The Bertz CT molecular complexity index is 1010. The largest absolute Gasteiger partial charge is 0.493 e. The van der Waals surface area contributed by atoms with E-state index >= 15 is 0 Å². The third-order valence-corrected chi connectivity index (χ3v) is 4.84. The molecule has 0 amide bonds. The molecule has 0 bridgehead atoms. The van der Waals surface area contributed by atoms with Gasteiger partial charge in [-0.1, -0.05) is 41.9 Å². The van der Waals surface area contributed by atoms with Crippen LogP contribution in [0, 0.1) is 0 Å². The van der Waals surface area contributed by atoms with E-state index in [1.54, 1.807) is 45.7 Å². The molecule has 0 spiro atoms.